The third kappa shape index (κ3) is 5.52. The predicted octanol–water partition coefficient (Wildman–Crippen LogP) is 1.29. The van der Waals surface area contributed by atoms with Gasteiger partial charge in [-0.15, -0.1) is 0 Å². The fourth-order valence-corrected chi connectivity index (χ4v) is 1.48. The third-order valence-corrected chi connectivity index (χ3v) is 2.07. The first-order valence-electron chi connectivity index (χ1n) is 4.69. The number of ether oxygens (including phenoxy) is 1. The standard InChI is InChI=1S/C9H22N2O/c1-4-5-8(2)6-9(11-10)7-12-3/h8-9,11H,4-7,10H2,1-3H3. The summed E-state index contributed by atoms with van der Waals surface area (Å²) in [7, 11) is 1.70. The number of rotatable bonds is 7. The molecule has 0 aliphatic rings. The average molecular weight is 174 g/mol. The molecule has 0 fully saturated rings. The summed E-state index contributed by atoms with van der Waals surface area (Å²) in [4.78, 5) is 0. The van der Waals surface area contributed by atoms with Crippen molar-refractivity contribution in [1.82, 2.24) is 5.43 Å². The molecule has 2 unspecified atom stereocenters. The molecule has 0 heterocycles. The van der Waals surface area contributed by atoms with Gasteiger partial charge in [0.2, 0.25) is 0 Å². The topological polar surface area (TPSA) is 47.3 Å². The van der Waals surface area contributed by atoms with Crippen molar-refractivity contribution in [2.24, 2.45) is 11.8 Å². The van der Waals surface area contributed by atoms with Crippen LogP contribution in [0.5, 0.6) is 0 Å². The SMILES string of the molecule is CCCC(C)CC(COC)NN. The van der Waals surface area contributed by atoms with Crippen LogP contribution in [-0.2, 0) is 4.74 Å². The Morgan fingerprint density at radius 3 is 2.58 bits per heavy atom. The third-order valence-electron chi connectivity index (χ3n) is 2.07. The molecule has 0 rings (SSSR count). The molecule has 3 heteroatoms. The minimum atomic E-state index is 0.302. The van der Waals surface area contributed by atoms with Crippen molar-refractivity contribution < 1.29 is 4.74 Å². The highest BCUT2D eigenvalue weighted by atomic mass is 16.5. The van der Waals surface area contributed by atoms with Crippen LogP contribution >= 0.6 is 0 Å². The molecule has 0 aromatic rings. The summed E-state index contributed by atoms with van der Waals surface area (Å²) in [5, 5.41) is 0. The van der Waals surface area contributed by atoms with Crippen molar-refractivity contribution >= 4 is 0 Å². The molecule has 3 nitrogen and oxygen atoms in total. The van der Waals surface area contributed by atoms with Crippen molar-refractivity contribution in [2.45, 2.75) is 39.2 Å². The predicted molar refractivity (Wildman–Crippen MR) is 51.7 cm³/mol. The Morgan fingerprint density at radius 2 is 2.17 bits per heavy atom. The maximum absolute atomic E-state index is 5.37. The minimum absolute atomic E-state index is 0.302. The van der Waals surface area contributed by atoms with E-state index in [-0.39, 0.29) is 0 Å². The Hall–Kier alpha value is -0.120. The van der Waals surface area contributed by atoms with E-state index in [2.05, 4.69) is 19.3 Å². The van der Waals surface area contributed by atoms with Crippen LogP contribution in [-0.4, -0.2) is 19.8 Å². The molecule has 0 aliphatic carbocycles. The molecule has 74 valence electrons. The first-order chi connectivity index (χ1) is 5.74. The molecule has 0 aromatic heterocycles. The Bertz CT molecular complexity index is 98.5. The quantitative estimate of drug-likeness (QED) is 0.451. The van der Waals surface area contributed by atoms with Gasteiger partial charge >= 0.3 is 0 Å². The van der Waals surface area contributed by atoms with Crippen LogP contribution in [0.25, 0.3) is 0 Å². The van der Waals surface area contributed by atoms with Gasteiger partial charge in [0.25, 0.3) is 0 Å². The molecule has 0 bridgehead atoms. The number of methoxy groups -OCH3 is 1. The molecule has 12 heavy (non-hydrogen) atoms. The van der Waals surface area contributed by atoms with Crippen LogP contribution in [0, 0.1) is 5.92 Å². The van der Waals surface area contributed by atoms with Crippen LogP contribution in [0.2, 0.25) is 0 Å². The zero-order chi connectivity index (χ0) is 9.40. The van der Waals surface area contributed by atoms with Crippen molar-refractivity contribution in [1.29, 1.82) is 0 Å². The van der Waals surface area contributed by atoms with Gasteiger partial charge in [-0.2, -0.15) is 0 Å². The lowest BCUT2D eigenvalue weighted by Crippen LogP contribution is -2.39. The molecule has 2 atom stereocenters. The van der Waals surface area contributed by atoms with E-state index in [1.54, 1.807) is 7.11 Å². The van der Waals surface area contributed by atoms with Crippen LogP contribution in [0.1, 0.15) is 33.1 Å². The maximum atomic E-state index is 5.37. The monoisotopic (exact) mass is 174 g/mol. The van der Waals surface area contributed by atoms with Gasteiger partial charge in [0.05, 0.1) is 6.61 Å². The zero-order valence-corrected chi connectivity index (χ0v) is 8.47. The summed E-state index contributed by atoms with van der Waals surface area (Å²) in [5.41, 5.74) is 2.77. The Morgan fingerprint density at radius 1 is 1.50 bits per heavy atom. The molecule has 0 radical (unpaired) electrons. The van der Waals surface area contributed by atoms with Gasteiger partial charge in [0, 0.05) is 13.2 Å². The summed E-state index contributed by atoms with van der Waals surface area (Å²) in [6.45, 7) is 5.16. The Balaban J connectivity index is 3.53. The summed E-state index contributed by atoms with van der Waals surface area (Å²) >= 11 is 0. The molecule has 0 saturated carbocycles. The number of hydrogen-bond donors (Lipinski definition) is 2. The normalized spacial score (nSPS) is 16.0. The van der Waals surface area contributed by atoms with E-state index in [1.807, 2.05) is 0 Å². The van der Waals surface area contributed by atoms with Crippen LogP contribution in [0.15, 0.2) is 0 Å². The lowest BCUT2D eigenvalue weighted by Gasteiger charge is -2.18. The summed E-state index contributed by atoms with van der Waals surface area (Å²) in [6, 6.07) is 0.302. The van der Waals surface area contributed by atoms with Crippen LogP contribution in [0.3, 0.4) is 0 Å². The van der Waals surface area contributed by atoms with Gasteiger partial charge in [0.1, 0.15) is 0 Å². The second kappa shape index (κ2) is 7.53. The largest absolute Gasteiger partial charge is 0.383 e. The van der Waals surface area contributed by atoms with E-state index < -0.39 is 0 Å². The summed E-state index contributed by atoms with van der Waals surface area (Å²) in [5.74, 6) is 6.10. The highest BCUT2D eigenvalue weighted by Crippen LogP contribution is 2.12. The van der Waals surface area contributed by atoms with Crippen LogP contribution < -0.4 is 11.3 Å². The van der Waals surface area contributed by atoms with E-state index in [9.17, 15) is 0 Å². The second-order valence-corrected chi connectivity index (χ2v) is 3.45. The van der Waals surface area contributed by atoms with Gasteiger partial charge < -0.3 is 4.74 Å². The van der Waals surface area contributed by atoms with Crippen molar-refractivity contribution in [2.75, 3.05) is 13.7 Å². The molecule has 0 aliphatic heterocycles. The van der Waals surface area contributed by atoms with E-state index >= 15 is 0 Å². The Kier molecular flexibility index (Phi) is 7.45. The van der Waals surface area contributed by atoms with Gasteiger partial charge in [-0.1, -0.05) is 26.7 Å². The molecule has 3 N–H and O–H groups in total. The summed E-state index contributed by atoms with van der Waals surface area (Å²) in [6.07, 6.45) is 3.60. The van der Waals surface area contributed by atoms with Gasteiger partial charge in [-0.05, 0) is 12.3 Å². The van der Waals surface area contributed by atoms with Crippen molar-refractivity contribution in [3.8, 4) is 0 Å². The molecular formula is C9H22N2O. The maximum Gasteiger partial charge on any atom is 0.0629 e. The van der Waals surface area contributed by atoms with E-state index in [0.717, 1.165) is 12.3 Å². The highest BCUT2D eigenvalue weighted by Gasteiger charge is 2.10. The van der Waals surface area contributed by atoms with E-state index in [1.165, 1.54) is 12.8 Å². The first-order valence-corrected chi connectivity index (χ1v) is 4.69. The molecule has 0 amide bonds. The minimum Gasteiger partial charge on any atom is -0.383 e. The van der Waals surface area contributed by atoms with E-state index in [4.69, 9.17) is 10.6 Å². The first kappa shape index (κ1) is 11.9. The smallest absolute Gasteiger partial charge is 0.0629 e. The van der Waals surface area contributed by atoms with Crippen molar-refractivity contribution in [3.05, 3.63) is 0 Å². The van der Waals surface area contributed by atoms with Gasteiger partial charge in [-0.3, -0.25) is 11.3 Å². The zero-order valence-electron chi connectivity index (χ0n) is 8.47. The van der Waals surface area contributed by atoms with E-state index in [0.29, 0.717) is 12.6 Å². The molecular weight excluding hydrogens is 152 g/mol. The number of nitrogens with one attached hydrogen (secondary N) is 1. The van der Waals surface area contributed by atoms with Gasteiger partial charge in [-0.25, -0.2) is 0 Å². The number of nitrogens with two attached hydrogens (primary N) is 1. The van der Waals surface area contributed by atoms with Crippen molar-refractivity contribution in [3.63, 3.8) is 0 Å². The lowest BCUT2D eigenvalue weighted by molar-refractivity contribution is 0.154. The van der Waals surface area contributed by atoms with Gasteiger partial charge in [0.15, 0.2) is 0 Å². The highest BCUT2D eigenvalue weighted by molar-refractivity contribution is 4.66. The lowest BCUT2D eigenvalue weighted by atomic mass is 9.98. The molecule has 0 saturated heterocycles. The number of hydrazine groups is 1. The Labute approximate surface area is 75.6 Å². The molecule has 0 spiro atoms. The summed E-state index contributed by atoms with van der Waals surface area (Å²) < 4.78 is 5.03. The number of hydrogen-bond acceptors (Lipinski definition) is 3. The fraction of sp³-hybridized carbons (Fsp3) is 1.00. The molecule has 0 aromatic carbocycles. The second-order valence-electron chi connectivity index (χ2n) is 3.45. The average Bonchev–Trinajstić information content (AvgIpc) is 2.04. The van der Waals surface area contributed by atoms with Crippen LogP contribution in [0.4, 0.5) is 0 Å². The fourth-order valence-electron chi connectivity index (χ4n) is 1.48.